The highest BCUT2D eigenvalue weighted by Crippen LogP contribution is 2.20. The first-order valence-electron chi connectivity index (χ1n) is 9.29. The molecule has 1 aromatic carbocycles. The number of aromatic nitrogens is 2. The molecule has 0 spiro atoms. The maximum Gasteiger partial charge on any atom is 0.253 e. The fraction of sp³-hybridized carbons (Fsp3) is 0.500. The Kier molecular flexibility index (Phi) is 5.93. The summed E-state index contributed by atoms with van der Waals surface area (Å²) in [5, 5.41) is 4.23. The predicted octanol–water partition coefficient (Wildman–Crippen LogP) is 2.48. The Morgan fingerprint density at radius 3 is 2.77 bits per heavy atom. The second-order valence-electron chi connectivity index (χ2n) is 6.86. The minimum Gasteiger partial charge on any atom is -0.494 e. The topological polar surface area (TPSA) is 50.6 Å². The quantitative estimate of drug-likeness (QED) is 0.826. The van der Waals surface area contributed by atoms with E-state index in [4.69, 9.17) is 4.74 Å². The highest BCUT2D eigenvalue weighted by Gasteiger charge is 2.21. The SMILES string of the molecule is CCOc1ccc(C(=O)N2CCCN(Cc3cnn(C)c3)CC2)cc1C. The summed E-state index contributed by atoms with van der Waals surface area (Å²) >= 11 is 0. The molecule has 0 unspecified atom stereocenters. The number of ether oxygens (including phenoxy) is 1. The Hall–Kier alpha value is -2.34. The summed E-state index contributed by atoms with van der Waals surface area (Å²) in [6.45, 7) is 8.91. The van der Waals surface area contributed by atoms with E-state index in [9.17, 15) is 4.79 Å². The van der Waals surface area contributed by atoms with E-state index in [0.717, 1.165) is 56.0 Å². The third-order valence-corrected chi connectivity index (χ3v) is 4.76. The van der Waals surface area contributed by atoms with Crippen molar-refractivity contribution in [3.05, 3.63) is 47.3 Å². The van der Waals surface area contributed by atoms with Gasteiger partial charge in [0.15, 0.2) is 0 Å². The van der Waals surface area contributed by atoms with Gasteiger partial charge in [0, 0.05) is 57.1 Å². The number of benzene rings is 1. The highest BCUT2D eigenvalue weighted by atomic mass is 16.5. The second-order valence-corrected chi connectivity index (χ2v) is 6.86. The fourth-order valence-electron chi connectivity index (χ4n) is 3.43. The molecule has 0 bridgehead atoms. The van der Waals surface area contributed by atoms with Crippen LogP contribution < -0.4 is 4.74 Å². The van der Waals surface area contributed by atoms with Crippen LogP contribution in [0.25, 0.3) is 0 Å². The Morgan fingerprint density at radius 1 is 1.23 bits per heavy atom. The summed E-state index contributed by atoms with van der Waals surface area (Å²) in [4.78, 5) is 17.3. The van der Waals surface area contributed by atoms with Gasteiger partial charge in [-0.3, -0.25) is 14.4 Å². The molecule has 1 fully saturated rings. The molecule has 6 nitrogen and oxygen atoms in total. The first kappa shape index (κ1) is 18.5. The van der Waals surface area contributed by atoms with Crippen LogP contribution in [-0.4, -0.2) is 58.3 Å². The van der Waals surface area contributed by atoms with E-state index < -0.39 is 0 Å². The van der Waals surface area contributed by atoms with E-state index in [0.29, 0.717) is 6.61 Å². The molecule has 2 aromatic rings. The number of amides is 1. The summed E-state index contributed by atoms with van der Waals surface area (Å²) in [7, 11) is 1.94. The molecular formula is C20H28N4O2. The molecular weight excluding hydrogens is 328 g/mol. The average molecular weight is 356 g/mol. The van der Waals surface area contributed by atoms with Crippen LogP contribution in [0.1, 0.15) is 34.8 Å². The van der Waals surface area contributed by atoms with E-state index in [-0.39, 0.29) is 5.91 Å². The zero-order valence-electron chi connectivity index (χ0n) is 15.9. The molecule has 0 aliphatic carbocycles. The zero-order valence-corrected chi connectivity index (χ0v) is 15.9. The van der Waals surface area contributed by atoms with Gasteiger partial charge < -0.3 is 9.64 Å². The molecule has 6 heteroatoms. The van der Waals surface area contributed by atoms with Crippen molar-refractivity contribution in [1.29, 1.82) is 0 Å². The average Bonchev–Trinajstić information content (AvgIpc) is 2.89. The first-order valence-corrected chi connectivity index (χ1v) is 9.29. The van der Waals surface area contributed by atoms with Crippen LogP contribution in [-0.2, 0) is 13.6 Å². The summed E-state index contributed by atoms with van der Waals surface area (Å²) in [5.74, 6) is 0.960. The minimum absolute atomic E-state index is 0.111. The third-order valence-electron chi connectivity index (χ3n) is 4.76. The molecule has 0 saturated carbocycles. The van der Waals surface area contributed by atoms with Gasteiger partial charge in [-0.25, -0.2) is 0 Å². The molecule has 1 aromatic heterocycles. The second kappa shape index (κ2) is 8.36. The van der Waals surface area contributed by atoms with Crippen molar-refractivity contribution < 1.29 is 9.53 Å². The van der Waals surface area contributed by atoms with Crippen molar-refractivity contribution in [1.82, 2.24) is 19.6 Å². The van der Waals surface area contributed by atoms with Crippen molar-refractivity contribution in [2.24, 2.45) is 7.05 Å². The molecule has 0 radical (unpaired) electrons. The summed E-state index contributed by atoms with van der Waals surface area (Å²) < 4.78 is 7.40. The Morgan fingerprint density at radius 2 is 2.08 bits per heavy atom. The lowest BCUT2D eigenvalue weighted by Gasteiger charge is -2.22. The van der Waals surface area contributed by atoms with Crippen LogP contribution in [0.15, 0.2) is 30.6 Å². The lowest BCUT2D eigenvalue weighted by atomic mass is 10.1. The van der Waals surface area contributed by atoms with Crippen LogP contribution in [0.2, 0.25) is 0 Å². The number of hydrogen-bond donors (Lipinski definition) is 0. The van der Waals surface area contributed by atoms with E-state index in [1.165, 1.54) is 5.56 Å². The Balaban J connectivity index is 1.61. The third kappa shape index (κ3) is 4.43. The van der Waals surface area contributed by atoms with Crippen molar-refractivity contribution in [2.45, 2.75) is 26.8 Å². The summed E-state index contributed by atoms with van der Waals surface area (Å²) in [6.07, 6.45) is 4.95. The highest BCUT2D eigenvalue weighted by molar-refractivity contribution is 5.94. The number of nitrogens with zero attached hydrogens (tertiary/aromatic N) is 4. The van der Waals surface area contributed by atoms with Gasteiger partial charge in [0.05, 0.1) is 12.8 Å². The van der Waals surface area contributed by atoms with Crippen LogP contribution in [0.5, 0.6) is 5.75 Å². The Bertz CT molecular complexity index is 756. The molecule has 0 N–H and O–H groups in total. The van der Waals surface area contributed by atoms with Crippen LogP contribution in [0.4, 0.5) is 0 Å². The molecule has 1 aliphatic heterocycles. The maximum absolute atomic E-state index is 12.9. The predicted molar refractivity (Wildman–Crippen MR) is 101 cm³/mol. The fourth-order valence-corrected chi connectivity index (χ4v) is 3.43. The van der Waals surface area contributed by atoms with E-state index in [2.05, 4.69) is 16.2 Å². The molecule has 0 atom stereocenters. The molecule has 2 heterocycles. The molecule has 140 valence electrons. The van der Waals surface area contributed by atoms with Crippen molar-refractivity contribution in [3.63, 3.8) is 0 Å². The van der Waals surface area contributed by atoms with Gasteiger partial charge in [0.1, 0.15) is 5.75 Å². The van der Waals surface area contributed by atoms with Gasteiger partial charge in [0.25, 0.3) is 5.91 Å². The minimum atomic E-state index is 0.111. The van der Waals surface area contributed by atoms with E-state index in [1.54, 1.807) is 0 Å². The number of aryl methyl sites for hydroxylation is 2. The zero-order chi connectivity index (χ0) is 18.5. The standard InChI is InChI=1S/C20H28N4O2/c1-4-26-19-7-6-18(12-16(19)2)20(25)24-9-5-8-23(10-11-24)15-17-13-21-22(3)14-17/h6-7,12-14H,4-5,8-11,15H2,1-3H3. The lowest BCUT2D eigenvalue weighted by molar-refractivity contribution is 0.0761. The van der Waals surface area contributed by atoms with Gasteiger partial charge >= 0.3 is 0 Å². The number of rotatable bonds is 5. The van der Waals surface area contributed by atoms with Gasteiger partial charge in [0.2, 0.25) is 0 Å². The van der Waals surface area contributed by atoms with Crippen LogP contribution in [0, 0.1) is 6.92 Å². The molecule has 1 saturated heterocycles. The molecule has 26 heavy (non-hydrogen) atoms. The molecule has 1 aliphatic rings. The smallest absolute Gasteiger partial charge is 0.253 e. The van der Waals surface area contributed by atoms with Crippen LogP contribution in [0.3, 0.4) is 0 Å². The van der Waals surface area contributed by atoms with Gasteiger partial charge in [-0.2, -0.15) is 5.10 Å². The van der Waals surface area contributed by atoms with Crippen molar-refractivity contribution >= 4 is 5.91 Å². The number of carbonyl (C=O) groups is 1. The van der Waals surface area contributed by atoms with Gasteiger partial charge in [-0.15, -0.1) is 0 Å². The summed E-state index contributed by atoms with van der Waals surface area (Å²) in [6, 6.07) is 5.71. The normalized spacial score (nSPS) is 15.7. The van der Waals surface area contributed by atoms with Crippen LogP contribution >= 0.6 is 0 Å². The Labute approximate surface area is 155 Å². The van der Waals surface area contributed by atoms with Crippen molar-refractivity contribution in [3.8, 4) is 5.75 Å². The van der Waals surface area contributed by atoms with E-state index in [1.807, 2.05) is 54.9 Å². The van der Waals surface area contributed by atoms with Gasteiger partial charge in [-0.1, -0.05) is 0 Å². The summed E-state index contributed by atoms with van der Waals surface area (Å²) in [5.41, 5.74) is 2.96. The molecule has 3 rings (SSSR count). The largest absolute Gasteiger partial charge is 0.494 e. The van der Waals surface area contributed by atoms with Crippen molar-refractivity contribution in [2.75, 3.05) is 32.8 Å². The first-order chi connectivity index (χ1) is 12.6. The maximum atomic E-state index is 12.9. The van der Waals surface area contributed by atoms with Gasteiger partial charge in [-0.05, 0) is 44.0 Å². The van der Waals surface area contributed by atoms with E-state index >= 15 is 0 Å². The lowest BCUT2D eigenvalue weighted by Crippen LogP contribution is -2.35. The number of hydrogen-bond acceptors (Lipinski definition) is 4. The monoisotopic (exact) mass is 356 g/mol. The number of carbonyl (C=O) groups excluding carboxylic acids is 1. The molecule has 1 amide bonds.